The summed E-state index contributed by atoms with van der Waals surface area (Å²) in [6.07, 6.45) is 0. The van der Waals surface area contributed by atoms with Crippen molar-refractivity contribution in [3.63, 3.8) is 0 Å². The predicted octanol–water partition coefficient (Wildman–Crippen LogP) is 2.76. The van der Waals surface area contributed by atoms with Crippen molar-refractivity contribution in [2.24, 2.45) is 5.18 Å². The number of alkyl halides is 1. The average molecular weight is 426 g/mol. The lowest BCUT2D eigenvalue weighted by atomic mass is 9.98. The number of pyridine rings is 2. The number of benzene rings is 1. The first-order valence-electron chi connectivity index (χ1n) is 9.18. The summed E-state index contributed by atoms with van der Waals surface area (Å²) in [5.74, 6) is 0.656. The summed E-state index contributed by atoms with van der Waals surface area (Å²) in [7, 11) is 0. The van der Waals surface area contributed by atoms with Crippen molar-refractivity contribution in [1.29, 1.82) is 0 Å². The van der Waals surface area contributed by atoms with Gasteiger partial charge in [-0.1, -0.05) is 0 Å². The van der Waals surface area contributed by atoms with E-state index in [1.807, 2.05) is 6.07 Å². The molecule has 1 atom stereocenters. The molecule has 0 fully saturated rings. The minimum absolute atomic E-state index is 0.141. The first-order valence-corrected chi connectivity index (χ1v) is 9.71. The van der Waals surface area contributed by atoms with Crippen LogP contribution < -0.4 is 15.0 Å². The molecule has 30 heavy (non-hydrogen) atoms. The molecular formula is C20H12ClN3O6. The van der Waals surface area contributed by atoms with Crippen molar-refractivity contribution in [3.8, 4) is 22.9 Å². The fourth-order valence-corrected chi connectivity index (χ4v) is 4.66. The highest BCUT2D eigenvalue weighted by atomic mass is 35.5. The highest BCUT2D eigenvalue weighted by Gasteiger charge is 2.36. The molecule has 3 aliphatic rings. The van der Waals surface area contributed by atoms with Crippen molar-refractivity contribution in [3.05, 3.63) is 55.7 Å². The highest BCUT2D eigenvalue weighted by molar-refractivity contribution is 6.18. The molecule has 0 saturated heterocycles. The van der Waals surface area contributed by atoms with Crippen LogP contribution in [0.3, 0.4) is 0 Å². The maximum absolute atomic E-state index is 13.1. The summed E-state index contributed by atoms with van der Waals surface area (Å²) in [6, 6.07) is 3.90. The van der Waals surface area contributed by atoms with E-state index in [0.717, 1.165) is 16.5 Å². The molecule has 0 N–H and O–H groups in total. The Morgan fingerprint density at radius 2 is 1.93 bits per heavy atom. The molecule has 1 unspecified atom stereocenters. The molecule has 0 spiro atoms. The number of nitrogens with zero attached hydrogens (tertiary/aromatic N) is 3. The minimum Gasteiger partial charge on any atom is -0.459 e. The molecule has 0 radical (unpaired) electrons. The van der Waals surface area contributed by atoms with Crippen LogP contribution in [-0.2, 0) is 28.6 Å². The summed E-state index contributed by atoms with van der Waals surface area (Å²) in [4.78, 5) is 41.1. The predicted molar refractivity (Wildman–Crippen MR) is 105 cm³/mol. The van der Waals surface area contributed by atoms with Crippen LogP contribution in [0.4, 0.5) is 0 Å². The Kier molecular flexibility index (Phi) is 3.49. The van der Waals surface area contributed by atoms with E-state index in [1.165, 1.54) is 0 Å². The van der Waals surface area contributed by atoms with E-state index in [-0.39, 0.29) is 42.5 Å². The monoisotopic (exact) mass is 425 g/mol. The highest BCUT2D eigenvalue weighted by Crippen LogP contribution is 2.42. The number of fused-ring (bicyclic) bond motifs is 6. The van der Waals surface area contributed by atoms with Gasteiger partial charge in [-0.25, -0.2) is 9.78 Å². The summed E-state index contributed by atoms with van der Waals surface area (Å²) in [5, 5.41) is 3.69. The van der Waals surface area contributed by atoms with Crippen molar-refractivity contribution in [1.82, 2.24) is 9.55 Å². The number of nitroso groups, excluding NO2 is 1. The second-order valence-electron chi connectivity index (χ2n) is 7.24. The van der Waals surface area contributed by atoms with Crippen LogP contribution in [0.2, 0.25) is 0 Å². The number of hydrogen-bond donors (Lipinski definition) is 0. The smallest absolute Gasteiger partial charge is 0.339 e. The molecule has 6 rings (SSSR count). The zero-order valence-electron chi connectivity index (χ0n) is 15.3. The van der Waals surface area contributed by atoms with E-state index in [9.17, 15) is 14.5 Å². The standard InChI is InChI=1S/C20H12ClN3O6/c21-4-10-8-2-15-16(30-7-29-15)3-13(8)22-17-11(10)5-24-14(17)1-9-12(19(24)25)6-28-20(26)18(9)23-27/h1-3,18H,4-7H2. The van der Waals surface area contributed by atoms with E-state index in [4.69, 9.17) is 30.8 Å². The van der Waals surface area contributed by atoms with Gasteiger partial charge >= 0.3 is 5.97 Å². The Morgan fingerprint density at radius 1 is 1.13 bits per heavy atom. The van der Waals surface area contributed by atoms with Gasteiger partial charge in [0.1, 0.15) is 6.61 Å². The lowest BCUT2D eigenvalue weighted by molar-refractivity contribution is -0.148. The molecule has 0 saturated carbocycles. The average Bonchev–Trinajstić information content (AvgIpc) is 3.35. The van der Waals surface area contributed by atoms with Gasteiger partial charge in [0.25, 0.3) is 5.56 Å². The first kappa shape index (κ1) is 17.4. The van der Waals surface area contributed by atoms with Crippen LogP contribution in [0.1, 0.15) is 28.3 Å². The molecule has 3 aliphatic heterocycles. The Labute approximate surface area is 173 Å². The van der Waals surface area contributed by atoms with Crippen molar-refractivity contribution < 1.29 is 19.0 Å². The molecule has 10 heteroatoms. The number of hydrogen-bond acceptors (Lipinski definition) is 8. The summed E-state index contributed by atoms with van der Waals surface area (Å²) in [5.41, 5.74) is 3.60. The van der Waals surface area contributed by atoms with Crippen LogP contribution in [0, 0.1) is 4.91 Å². The van der Waals surface area contributed by atoms with E-state index in [2.05, 4.69) is 5.18 Å². The Hall–Kier alpha value is -3.46. The number of carbonyl (C=O) groups is 1. The Morgan fingerprint density at radius 3 is 2.70 bits per heavy atom. The van der Waals surface area contributed by atoms with Gasteiger partial charge in [0, 0.05) is 28.5 Å². The molecular weight excluding hydrogens is 414 g/mol. The number of esters is 1. The van der Waals surface area contributed by atoms with Crippen molar-refractivity contribution in [2.45, 2.75) is 25.1 Å². The third-order valence-electron chi connectivity index (χ3n) is 5.81. The Balaban J connectivity index is 1.64. The number of rotatable bonds is 2. The van der Waals surface area contributed by atoms with E-state index in [0.29, 0.717) is 28.4 Å². The number of carbonyl (C=O) groups excluding carboxylic acids is 1. The minimum atomic E-state index is -1.36. The first-order chi connectivity index (χ1) is 14.6. The van der Waals surface area contributed by atoms with Crippen LogP contribution >= 0.6 is 11.6 Å². The van der Waals surface area contributed by atoms with E-state index < -0.39 is 12.0 Å². The molecule has 5 heterocycles. The zero-order chi connectivity index (χ0) is 20.6. The van der Waals surface area contributed by atoms with Crippen molar-refractivity contribution in [2.75, 3.05) is 6.79 Å². The maximum atomic E-state index is 13.1. The summed E-state index contributed by atoms with van der Waals surface area (Å²) >= 11 is 6.31. The molecule has 1 aromatic carbocycles. The van der Waals surface area contributed by atoms with E-state index >= 15 is 0 Å². The van der Waals surface area contributed by atoms with Crippen LogP contribution in [0.15, 0.2) is 28.2 Å². The summed E-state index contributed by atoms with van der Waals surface area (Å²) < 4.78 is 17.5. The van der Waals surface area contributed by atoms with E-state index in [1.54, 1.807) is 16.7 Å². The second kappa shape index (κ2) is 6.02. The normalized spacial score (nSPS) is 18.0. The molecule has 2 aromatic heterocycles. The number of ether oxygens (including phenoxy) is 3. The number of cyclic esters (lactones) is 1. The van der Waals surface area contributed by atoms with Crippen molar-refractivity contribution >= 4 is 28.5 Å². The maximum Gasteiger partial charge on any atom is 0.339 e. The quantitative estimate of drug-likeness (QED) is 0.276. The molecule has 0 aliphatic carbocycles. The molecule has 150 valence electrons. The summed E-state index contributed by atoms with van der Waals surface area (Å²) in [6.45, 7) is 0.236. The number of aromatic nitrogens is 2. The lowest BCUT2D eigenvalue weighted by Crippen LogP contribution is -2.32. The zero-order valence-corrected chi connectivity index (χ0v) is 16.1. The van der Waals surface area contributed by atoms with Gasteiger partial charge in [-0.15, -0.1) is 16.5 Å². The van der Waals surface area contributed by atoms with Gasteiger partial charge in [-0.3, -0.25) is 4.79 Å². The van der Waals surface area contributed by atoms with Gasteiger partial charge in [-0.2, -0.15) is 0 Å². The van der Waals surface area contributed by atoms with Gasteiger partial charge in [0.15, 0.2) is 11.5 Å². The van der Waals surface area contributed by atoms with Gasteiger partial charge < -0.3 is 18.8 Å². The SMILES string of the molecule is O=NC1C(=O)OCc2c1cc1n(c2=O)Cc2c-1nc1cc3c(cc1c2CCl)OCO3. The largest absolute Gasteiger partial charge is 0.459 e. The van der Waals surface area contributed by atoms with Gasteiger partial charge in [-0.05, 0) is 22.9 Å². The Bertz CT molecular complexity index is 1370. The fraction of sp³-hybridized carbons (Fsp3) is 0.250. The van der Waals surface area contributed by atoms with Gasteiger partial charge in [0.2, 0.25) is 12.8 Å². The molecule has 0 amide bonds. The topological polar surface area (TPSA) is 109 Å². The number of halogens is 1. The van der Waals surface area contributed by atoms with Crippen LogP contribution in [0.5, 0.6) is 11.5 Å². The lowest BCUT2D eigenvalue weighted by Gasteiger charge is -2.20. The third-order valence-corrected chi connectivity index (χ3v) is 6.07. The third kappa shape index (κ3) is 2.15. The van der Waals surface area contributed by atoms with Gasteiger partial charge in [0.05, 0.1) is 29.0 Å². The molecule has 9 nitrogen and oxygen atoms in total. The van der Waals surface area contributed by atoms with Crippen LogP contribution in [0.25, 0.3) is 22.3 Å². The second-order valence-corrected chi connectivity index (χ2v) is 7.51. The van der Waals surface area contributed by atoms with Crippen LogP contribution in [-0.4, -0.2) is 22.3 Å². The molecule has 0 bridgehead atoms. The molecule has 3 aromatic rings. The fourth-order valence-electron chi connectivity index (χ4n) is 4.35.